The minimum absolute atomic E-state index is 0.0608. The number of methoxy groups -OCH3 is 1. The average molecular weight is 251 g/mol. The monoisotopic (exact) mass is 251 g/mol. The van der Waals surface area contributed by atoms with Crippen molar-refractivity contribution in [2.45, 2.75) is 13.8 Å². The number of nitrogens with one attached hydrogen (secondary N) is 1. The van der Waals surface area contributed by atoms with Crippen molar-refractivity contribution >= 4 is 11.7 Å². The molecule has 0 saturated heterocycles. The smallest absolute Gasteiger partial charge is 0.272 e. The van der Waals surface area contributed by atoms with Gasteiger partial charge in [-0.1, -0.05) is 6.07 Å². The van der Waals surface area contributed by atoms with Crippen molar-refractivity contribution in [1.82, 2.24) is 9.88 Å². The van der Waals surface area contributed by atoms with Gasteiger partial charge in [-0.3, -0.25) is 4.79 Å². The number of nitrogens with zero attached hydrogens (tertiary/aromatic N) is 2. The van der Waals surface area contributed by atoms with Crippen molar-refractivity contribution in [3.05, 3.63) is 23.9 Å². The maximum Gasteiger partial charge on any atom is 0.272 e. The molecule has 5 heteroatoms. The SMILES string of the molecule is CCNc1cccc(C(=O)N(CC)CCOC)n1. The van der Waals surface area contributed by atoms with Crippen molar-refractivity contribution in [3.8, 4) is 0 Å². The lowest BCUT2D eigenvalue weighted by atomic mass is 10.3. The zero-order chi connectivity index (χ0) is 13.4. The fourth-order valence-corrected chi connectivity index (χ4v) is 1.60. The van der Waals surface area contributed by atoms with E-state index in [1.54, 1.807) is 18.1 Å². The highest BCUT2D eigenvalue weighted by Gasteiger charge is 2.15. The van der Waals surface area contributed by atoms with Gasteiger partial charge >= 0.3 is 0 Å². The number of aromatic nitrogens is 1. The average Bonchev–Trinajstić information content (AvgIpc) is 2.40. The molecule has 1 heterocycles. The maximum atomic E-state index is 12.2. The molecule has 0 bridgehead atoms. The van der Waals surface area contributed by atoms with Gasteiger partial charge in [-0.25, -0.2) is 4.98 Å². The first-order valence-electron chi connectivity index (χ1n) is 6.22. The van der Waals surface area contributed by atoms with Crippen molar-refractivity contribution in [3.63, 3.8) is 0 Å². The highest BCUT2D eigenvalue weighted by atomic mass is 16.5. The molecule has 0 unspecified atom stereocenters. The number of hydrogen-bond donors (Lipinski definition) is 1. The minimum Gasteiger partial charge on any atom is -0.383 e. The second kappa shape index (κ2) is 7.66. The lowest BCUT2D eigenvalue weighted by molar-refractivity contribution is 0.0701. The fourth-order valence-electron chi connectivity index (χ4n) is 1.60. The lowest BCUT2D eigenvalue weighted by Crippen LogP contribution is -2.34. The molecular formula is C13H21N3O2. The van der Waals surface area contributed by atoms with E-state index in [0.29, 0.717) is 25.4 Å². The summed E-state index contributed by atoms with van der Waals surface area (Å²) in [5.41, 5.74) is 0.464. The molecule has 100 valence electrons. The van der Waals surface area contributed by atoms with E-state index < -0.39 is 0 Å². The first-order valence-corrected chi connectivity index (χ1v) is 6.22. The molecule has 0 aromatic carbocycles. The topological polar surface area (TPSA) is 54.5 Å². The molecule has 0 radical (unpaired) electrons. The standard InChI is InChI=1S/C13H21N3O2/c1-4-14-12-8-6-7-11(15-12)13(17)16(5-2)9-10-18-3/h6-8H,4-5,9-10H2,1-3H3,(H,14,15). The number of likely N-dealkylation sites (N-methyl/N-ethyl adjacent to an activating group) is 1. The van der Waals surface area contributed by atoms with Gasteiger partial charge in [0.1, 0.15) is 11.5 Å². The van der Waals surface area contributed by atoms with Crippen molar-refractivity contribution < 1.29 is 9.53 Å². The molecule has 0 aliphatic heterocycles. The predicted molar refractivity (Wildman–Crippen MR) is 71.9 cm³/mol. The first-order chi connectivity index (χ1) is 8.72. The summed E-state index contributed by atoms with van der Waals surface area (Å²) in [6.45, 7) is 6.49. The number of rotatable bonds is 7. The minimum atomic E-state index is -0.0608. The lowest BCUT2D eigenvalue weighted by Gasteiger charge is -2.20. The Hall–Kier alpha value is -1.62. The molecule has 0 saturated carbocycles. The second-order valence-corrected chi connectivity index (χ2v) is 3.82. The van der Waals surface area contributed by atoms with Crippen LogP contribution in [-0.2, 0) is 4.74 Å². The van der Waals surface area contributed by atoms with E-state index in [9.17, 15) is 4.79 Å². The zero-order valence-electron chi connectivity index (χ0n) is 11.3. The summed E-state index contributed by atoms with van der Waals surface area (Å²) in [7, 11) is 1.63. The van der Waals surface area contributed by atoms with Gasteiger partial charge in [0.25, 0.3) is 5.91 Å². The summed E-state index contributed by atoms with van der Waals surface area (Å²) in [4.78, 5) is 18.2. The van der Waals surface area contributed by atoms with Crippen LogP contribution < -0.4 is 5.32 Å². The summed E-state index contributed by atoms with van der Waals surface area (Å²) in [6.07, 6.45) is 0. The number of pyridine rings is 1. The van der Waals surface area contributed by atoms with E-state index in [1.165, 1.54) is 0 Å². The molecule has 0 aliphatic rings. The quantitative estimate of drug-likeness (QED) is 0.800. The van der Waals surface area contributed by atoms with Crippen molar-refractivity contribution in [1.29, 1.82) is 0 Å². The van der Waals surface area contributed by atoms with Gasteiger partial charge in [0.2, 0.25) is 0 Å². The molecule has 1 rings (SSSR count). The Balaban J connectivity index is 2.77. The third kappa shape index (κ3) is 4.00. The molecule has 1 aromatic rings. The Morgan fingerprint density at radius 1 is 1.44 bits per heavy atom. The molecule has 1 amide bonds. The Bertz CT molecular complexity index is 382. The van der Waals surface area contributed by atoms with Crippen molar-refractivity contribution in [2.75, 3.05) is 38.7 Å². The molecule has 18 heavy (non-hydrogen) atoms. The van der Waals surface area contributed by atoms with Gasteiger partial charge in [0, 0.05) is 26.7 Å². The molecule has 0 fully saturated rings. The molecule has 1 aromatic heterocycles. The number of hydrogen-bond acceptors (Lipinski definition) is 4. The fraction of sp³-hybridized carbons (Fsp3) is 0.538. The molecular weight excluding hydrogens is 230 g/mol. The zero-order valence-corrected chi connectivity index (χ0v) is 11.3. The molecule has 1 N–H and O–H groups in total. The van der Waals surface area contributed by atoms with Crippen LogP contribution >= 0.6 is 0 Å². The van der Waals surface area contributed by atoms with Crippen LogP contribution in [0.5, 0.6) is 0 Å². The summed E-state index contributed by atoms with van der Waals surface area (Å²) < 4.78 is 5.00. The van der Waals surface area contributed by atoms with E-state index in [1.807, 2.05) is 26.0 Å². The van der Waals surface area contributed by atoms with Crippen LogP contribution in [-0.4, -0.2) is 49.1 Å². The van der Waals surface area contributed by atoms with Gasteiger partial charge in [0.05, 0.1) is 6.61 Å². The number of amides is 1. The molecule has 0 spiro atoms. The largest absolute Gasteiger partial charge is 0.383 e. The number of ether oxygens (including phenoxy) is 1. The van der Waals surface area contributed by atoms with Crippen LogP contribution in [0.3, 0.4) is 0 Å². The third-order valence-corrected chi connectivity index (χ3v) is 2.56. The van der Waals surface area contributed by atoms with E-state index in [2.05, 4.69) is 10.3 Å². The van der Waals surface area contributed by atoms with Gasteiger partial charge in [-0.2, -0.15) is 0 Å². The number of anilines is 1. The summed E-state index contributed by atoms with van der Waals surface area (Å²) in [5, 5.41) is 3.10. The third-order valence-electron chi connectivity index (χ3n) is 2.56. The summed E-state index contributed by atoms with van der Waals surface area (Å²) in [5.74, 6) is 0.667. The summed E-state index contributed by atoms with van der Waals surface area (Å²) >= 11 is 0. The van der Waals surface area contributed by atoms with Crippen molar-refractivity contribution in [2.24, 2.45) is 0 Å². The van der Waals surface area contributed by atoms with E-state index in [-0.39, 0.29) is 5.91 Å². The highest BCUT2D eigenvalue weighted by molar-refractivity contribution is 5.92. The van der Waals surface area contributed by atoms with Crippen LogP contribution in [0.1, 0.15) is 24.3 Å². The van der Waals surface area contributed by atoms with E-state index >= 15 is 0 Å². The molecule has 5 nitrogen and oxygen atoms in total. The van der Waals surface area contributed by atoms with Gasteiger partial charge in [0.15, 0.2) is 0 Å². The number of carbonyl (C=O) groups is 1. The normalized spacial score (nSPS) is 10.2. The van der Waals surface area contributed by atoms with Crippen LogP contribution in [0.15, 0.2) is 18.2 Å². The molecule has 0 atom stereocenters. The predicted octanol–water partition coefficient (Wildman–Crippen LogP) is 1.62. The molecule has 0 aliphatic carbocycles. The Morgan fingerprint density at radius 3 is 2.83 bits per heavy atom. The van der Waals surface area contributed by atoms with E-state index in [4.69, 9.17) is 4.74 Å². The first kappa shape index (κ1) is 14.4. The second-order valence-electron chi connectivity index (χ2n) is 3.82. The number of carbonyl (C=O) groups excluding carboxylic acids is 1. The maximum absolute atomic E-state index is 12.2. The van der Waals surface area contributed by atoms with E-state index in [0.717, 1.165) is 12.4 Å². The highest BCUT2D eigenvalue weighted by Crippen LogP contribution is 2.07. The van der Waals surface area contributed by atoms with Gasteiger partial charge < -0.3 is 15.0 Å². The van der Waals surface area contributed by atoms with Gasteiger partial charge in [-0.05, 0) is 26.0 Å². The summed E-state index contributed by atoms with van der Waals surface area (Å²) in [6, 6.07) is 5.42. The van der Waals surface area contributed by atoms with Crippen LogP contribution in [0, 0.1) is 0 Å². The van der Waals surface area contributed by atoms with Crippen LogP contribution in [0.2, 0.25) is 0 Å². The Kier molecular flexibility index (Phi) is 6.14. The van der Waals surface area contributed by atoms with Crippen LogP contribution in [0.25, 0.3) is 0 Å². The van der Waals surface area contributed by atoms with Crippen LogP contribution in [0.4, 0.5) is 5.82 Å². The Labute approximate surface area is 108 Å². The Morgan fingerprint density at radius 2 is 2.22 bits per heavy atom. The van der Waals surface area contributed by atoms with Gasteiger partial charge in [-0.15, -0.1) is 0 Å².